The van der Waals surface area contributed by atoms with Crippen molar-refractivity contribution in [2.24, 2.45) is 0 Å². The lowest BCUT2D eigenvalue weighted by atomic mass is 10.0. The molecule has 0 radical (unpaired) electrons. The van der Waals surface area contributed by atoms with Gasteiger partial charge in [0, 0.05) is 0 Å². The number of fused-ring (bicyclic) bond motifs is 1. The summed E-state index contributed by atoms with van der Waals surface area (Å²) in [4.78, 5) is 15.3. The quantitative estimate of drug-likeness (QED) is 0.780. The highest BCUT2D eigenvalue weighted by atomic mass is 16.5. The van der Waals surface area contributed by atoms with Crippen molar-refractivity contribution >= 4 is 11.2 Å². The number of aromatic nitrogens is 4. The zero-order valence-corrected chi connectivity index (χ0v) is 10.8. The third-order valence-electron chi connectivity index (χ3n) is 3.19. The van der Waals surface area contributed by atoms with Crippen LogP contribution in [-0.2, 0) is 6.61 Å². The van der Waals surface area contributed by atoms with E-state index < -0.39 is 0 Å². The maximum atomic E-state index is 5.80. The number of rotatable bonds is 3. The van der Waals surface area contributed by atoms with Gasteiger partial charge in [0.15, 0.2) is 5.65 Å². The predicted octanol–water partition coefficient (Wildman–Crippen LogP) is 2.55. The summed E-state index contributed by atoms with van der Waals surface area (Å²) < 4.78 is 5.80. The summed E-state index contributed by atoms with van der Waals surface area (Å²) in [6.07, 6.45) is 3.05. The van der Waals surface area contributed by atoms with E-state index in [1.807, 2.05) is 6.07 Å². The molecule has 2 heterocycles. The van der Waals surface area contributed by atoms with Gasteiger partial charge in [0.25, 0.3) is 0 Å². The Morgan fingerprint density at radius 1 is 1.11 bits per heavy atom. The molecule has 0 bridgehead atoms. The first-order valence-electron chi connectivity index (χ1n) is 6.07. The van der Waals surface area contributed by atoms with E-state index in [2.05, 4.69) is 45.9 Å². The Morgan fingerprint density at radius 3 is 2.68 bits per heavy atom. The zero-order valence-electron chi connectivity index (χ0n) is 10.8. The van der Waals surface area contributed by atoms with Gasteiger partial charge in [-0.25, -0.2) is 9.97 Å². The second-order valence-corrected chi connectivity index (χ2v) is 4.44. The average molecular weight is 254 g/mol. The molecule has 0 unspecified atom stereocenters. The predicted molar refractivity (Wildman–Crippen MR) is 71.9 cm³/mol. The van der Waals surface area contributed by atoms with E-state index >= 15 is 0 Å². The van der Waals surface area contributed by atoms with Crippen LogP contribution in [0, 0.1) is 13.8 Å². The Hall–Kier alpha value is -2.43. The molecule has 5 heteroatoms. The molecule has 3 rings (SSSR count). The fourth-order valence-electron chi connectivity index (χ4n) is 2.07. The molecule has 2 aromatic heterocycles. The molecule has 0 saturated carbocycles. The van der Waals surface area contributed by atoms with Gasteiger partial charge in [-0.3, -0.25) is 0 Å². The van der Waals surface area contributed by atoms with Crippen LogP contribution in [0.15, 0.2) is 30.9 Å². The topological polar surface area (TPSA) is 63.7 Å². The molecule has 1 N–H and O–H groups in total. The van der Waals surface area contributed by atoms with Gasteiger partial charge in [-0.05, 0) is 30.5 Å². The van der Waals surface area contributed by atoms with Crippen LogP contribution in [0.3, 0.4) is 0 Å². The van der Waals surface area contributed by atoms with Crippen molar-refractivity contribution in [3.8, 4) is 5.88 Å². The van der Waals surface area contributed by atoms with Gasteiger partial charge in [0.2, 0.25) is 5.88 Å². The van der Waals surface area contributed by atoms with Crippen LogP contribution in [0.5, 0.6) is 5.88 Å². The monoisotopic (exact) mass is 254 g/mol. The van der Waals surface area contributed by atoms with Crippen molar-refractivity contribution in [1.82, 2.24) is 19.9 Å². The Morgan fingerprint density at radius 2 is 1.89 bits per heavy atom. The largest absolute Gasteiger partial charge is 0.471 e. The van der Waals surface area contributed by atoms with Crippen LogP contribution in [0.4, 0.5) is 0 Å². The van der Waals surface area contributed by atoms with E-state index in [0.717, 1.165) is 5.52 Å². The molecule has 1 aromatic carbocycles. The van der Waals surface area contributed by atoms with Crippen molar-refractivity contribution in [1.29, 1.82) is 0 Å². The smallest absolute Gasteiger partial charge is 0.243 e. The Balaban J connectivity index is 1.88. The summed E-state index contributed by atoms with van der Waals surface area (Å²) in [5, 5.41) is 0. The van der Waals surface area contributed by atoms with E-state index in [0.29, 0.717) is 18.1 Å². The summed E-state index contributed by atoms with van der Waals surface area (Å²) in [7, 11) is 0. The van der Waals surface area contributed by atoms with Gasteiger partial charge >= 0.3 is 0 Å². The number of aromatic amines is 1. The van der Waals surface area contributed by atoms with E-state index in [4.69, 9.17) is 4.74 Å². The van der Waals surface area contributed by atoms with E-state index in [9.17, 15) is 0 Å². The van der Waals surface area contributed by atoms with Crippen LogP contribution < -0.4 is 4.74 Å². The molecule has 19 heavy (non-hydrogen) atoms. The van der Waals surface area contributed by atoms with E-state index in [1.54, 1.807) is 6.33 Å². The first kappa shape index (κ1) is 11.6. The summed E-state index contributed by atoms with van der Waals surface area (Å²) in [5.41, 5.74) is 4.97. The first-order chi connectivity index (χ1) is 9.25. The van der Waals surface area contributed by atoms with E-state index in [1.165, 1.54) is 23.0 Å². The normalized spacial score (nSPS) is 10.8. The molecule has 0 aliphatic carbocycles. The number of hydrogen-bond acceptors (Lipinski definition) is 4. The molecule has 0 amide bonds. The van der Waals surface area contributed by atoms with Crippen LogP contribution in [-0.4, -0.2) is 19.9 Å². The first-order valence-corrected chi connectivity index (χ1v) is 6.07. The number of nitrogens with one attached hydrogen (secondary N) is 1. The second kappa shape index (κ2) is 4.68. The molecule has 0 aliphatic heterocycles. The molecule has 96 valence electrons. The van der Waals surface area contributed by atoms with Gasteiger partial charge in [-0.2, -0.15) is 4.98 Å². The number of nitrogens with zero attached hydrogens (tertiary/aromatic N) is 3. The lowest BCUT2D eigenvalue weighted by Gasteiger charge is -2.10. The van der Waals surface area contributed by atoms with Crippen LogP contribution in [0.25, 0.3) is 11.2 Å². The number of imidazole rings is 1. The lowest BCUT2D eigenvalue weighted by Crippen LogP contribution is -2.02. The molecule has 0 atom stereocenters. The number of hydrogen-bond donors (Lipinski definition) is 1. The van der Waals surface area contributed by atoms with Crippen molar-refractivity contribution in [3.63, 3.8) is 0 Å². The zero-order chi connectivity index (χ0) is 13.2. The number of H-pyrrole nitrogens is 1. The Kier molecular flexibility index (Phi) is 2.87. The minimum absolute atomic E-state index is 0.490. The molecule has 0 spiro atoms. The lowest BCUT2D eigenvalue weighted by molar-refractivity contribution is 0.295. The van der Waals surface area contributed by atoms with E-state index in [-0.39, 0.29) is 0 Å². The maximum Gasteiger partial charge on any atom is 0.243 e. The minimum atomic E-state index is 0.490. The van der Waals surface area contributed by atoms with Crippen molar-refractivity contribution in [3.05, 3.63) is 47.5 Å². The average Bonchev–Trinajstić information content (AvgIpc) is 2.87. The van der Waals surface area contributed by atoms with Crippen LogP contribution >= 0.6 is 0 Å². The summed E-state index contributed by atoms with van der Waals surface area (Å²) in [6.45, 7) is 4.65. The standard InChI is InChI=1S/C14H14N4O/c1-9-4-3-5-10(2)11(9)6-19-14-12-13(16-7-15-12)17-8-18-14/h3-5,7-8H,6H2,1-2H3,(H,15,16,17,18). The van der Waals surface area contributed by atoms with Crippen molar-refractivity contribution < 1.29 is 4.74 Å². The summed E-state index contributed by atoms with van der Waals surface area (Å²) in [6, 6.07) is 6.21. The Bertz CT molecular complexity index is 700. The summed E-state index contributed by atoms with van der Waals surface area (Å²) in [5.74, 6) is 0.533. The van der Waals surface area contributed by atoms with Crippen molar-refractivity contribution in [2.45, 2.75) is 20.5 Å². The number of aryl methyl sites for hydroxylation is 2. The van der Waals surface area contributed by atoms with Crippen molar-refractivity contribution in [2.75, 3.05) is 0 Å². The SMILES string of the molecule is Cc1cccc(C)c1COc1ncnc2nc[nH]c12. The maximum absolute atomic E-state index is 5.80. The molecular weight excluding hydrogens is 240 g/mol. The molecule has 0 saturated heterocycles. The van der Waals surface area contributed by atoms with Gasteiger partial charge < -0.3 is 9.72 Å². The van der Waals surface area contributed by atoms with Gasteiger partial charge in [0.05, 0.1) is 6.33 Å². The van der Waals surface area contributed by atoms with Gasteiger partial charge in [-0.15, -0.1) is 0 Å². The van der Waals surface area contributed by atoms with Crippen LogP contribution in [0.1, 0.15) is 16.7 Å². The minimum Gasteiger partial charge on any atom is -0.471 e. The molecule has 3 aromatic rings. The number of ether oxygens (including phenoxy) is 1. The fourth-order valence-corrected chi connectivity index (χ4v) is 2.07. The van der Waals surface area contributed by atoms with Crippen LogP contribution in [0.2, 0.25) is 0 Å². The highest BCUT2D eigenvalue weighted by Gasteiger charge is 2.08. The van der Waals surface area contributed by atoms with Gasteiger partial charge in [-0.1, -0.05) is 18.2 Å². The number of benzene rings is 1. The highest BCUT2D eigenvalue weighted by Crippen LogP contribution is 2.20. The Labute approximate surface area is 110 Å². The second-order valence-electron chi connectivity index (χ2n) is 4.44. The third kappa shape index (κ3) is 2.14. The molecular formula is C14H14N4O. The van der Waals surface area contributed by atoms with Gasteiger partial charge in [0.1, 0.15) is 18.5 Å². The molecule has 0 aliphatic rings. The fraction of sp³-hybridized carbons (Fsp3) is 0.214. The molecule has 5 nitrogen and oxygen atoms in total. The third-order valence-corrected chi connectivity index (χ3v) is 3.19. The highest BCUT2D eigenvalue weighted by molar-refractivity contribution is 5.74. The summed E-state index contributed by atoms with van der Waals surface area (Å²) >= 11 is 0. The molecule has 0 fully saturated rings.